The fourth-order valence-corrected chi connectivity index (χ4v) is 4.51. The van der Waals surface area contributed by atoms with Gasteiger partial charge in [0.2, 0.25) is 0 Å². The Morgan fingerprint density at radius 2 is 2.38 bits per heavy atom. The van der Waals surface area contributed by atoms with Gasteiger partial charge in [-0.25, -0.2) is 10.9 Å². The number of thiol groups is 1. The van der Waals surface area contributed by atoms with Gasteiger partial charge in [-0.05, 0) is 18.1 Å². The van der Waals surface area contributed by atoms with Crippen LogP contribution in [0.25, 0.3) is 0 Å². The highest BCUT2D eigenvalue weighted by Crippen LogP contribution is 2.58. The third-order valence-electron chi connectivity index (χ3n) is 2.25. The molecule has 0 radical (unpaired) electrons. The van der Waals surface area contributed by atoms with Crippen molar-refractivity contribution >= 4 is 10.9 Å². The molecule has 8 heavy (non-hydrogen) atoms. The molecule has 0 amide bonds. The lowest BCUT2D eigenvalue weighted by Crippen LogP contribution is -2.21. The molecule has 0 bridgehead atoms. The fraction of sp³-hybridized carbons (Fsp3) is 1.00. The summed E-state index contributed by atoms with van der Waals surface area (Å²) in [5.41, 5.74) is 0. The highest BCUT2D eigenvalue weighted by atomic mass is 32.2. The van der Waals surface area contributed by atoms with E-state index in [9.17, 15) is 0 Å². The molecule has 2 aliphatic heterocycles. The Morgan fingerprint density at radius 1 is 1.62 bits per heavy atom. The van der Waals surface area contributed by atoms with E-state index in [2.05, 4.69) is 18.9 Å². The number of hydrogen-bond donors (Lipinski definition) is 1. The molecule has 0 spiro atoms. The van der Waals surface area contributed by atoms with E-state index in [1.165, 1.54) is 6.54 Å². The van der Waals surface area contributed by atoms with E-state index in [-0.39, 0.29) is 0 Å². The molecule has 0 aromatic carbocycles. The second-order valence-electron chi connectivity index (χ2n) is 2.97. The van der Waals surface area contributed by atoms with E-state index in [1.54, 1.807) is 5.75 Å². The first-order valence-electron chi connectivity index (χ1n) is 3.25. The van der Waals surface area contributed by atoms with E-state index in [0.717, 1.165) is 10.6 Å². The molecule has 0 aliphatic carbocycles. The van der Waals surface area contributed by atoms with E-state index in [0.29, 0.717) is 10.9 Å². The summed E-state index contributed by atoms with van der Waals surface area (Å²) in [6, 6.07) is 0. The number of rotatable bonds is 0. The van der Waals surface area contributed by atoms with Crippen LogP contribution in [0.5, 0.6) is 0 Å². The molecule has 1 nitrogen and oxygen atoms in total. The molecule has 0 N–H and O–H groups in total. The van der Waals surface area contributed by atoms with Crippen LogP contribution in [-0.2, 0) is 0 Å². The summed E-state index contributed by atoms with van der Waals surface area (Å²) in [5.74, 6) is 1.55. The van der Waals surface area contributed by atoms with Crippen molar-refractivity contribution in [1.82, 2.24) is 4.90 Å². The highest BCUT2D eigenvalue weighted by Gasteiger charge is 2.46. The first-order valence-corrected chi connectivity index (χ1v) is 4.91. The molecule has 2 fully saturated rings. The highest BCUT2D eigenvalue weighted by molar-refractivity contribution is 8.24. The van der Waals surface area contributed by atoms with Gasteiger partial charge in [-0.1, -0.05) is 6.92 Å². The summed E-state index contributed by atoms with van der Waals surface area (Å²) in [6.45, 7) is 3.77. The molecule has 2 heteroatoms. The maximum absolute atomic E-state index is 2.52. The zero-order chi connectivity index (χ0) is 5.72. The zero-order valence-corrected chi connectivity index (χ0v) is 6.36. The minimum absolute atomic E-state index is 0.527. The van der Waals surface area contributed by atoms with Gasteiger partial charge in [0.05, 0.1) is 0 Å². The molecule has 2 aliphatic rings. The van der Waals surface area contributed by atoms with Crippen LogP contribution in [0, 0.1) is 0 Å². The molecule has 2 rings (SSSR count). The third kappa shape index (κ3) is 0.531. The van der Waals surface area contributed by atoms with Gasteiger partial charge < -0.3 is 0 Å². The molecule has 0 aromatic rings. The van der Waals surface area contributed by atoms with Crippen LogP contribution < -0.4 is 0 Å². The minimum atomic E-state index is 0.527. The van der Waals surface area contributed by atoms with Crippen LogP contribution >= 0.6 is 10.9 Å². The van der Waals surface area contributed by atoms with E-state index in [4.69, 9.17) is 0 Å². The zero-order valence-electron chi connectivity index (χ0n) is 5.46. The average Bonchev–Trinajstić information content (AvgIpc) is 2.35. The second-order valence-corrected chi connectivity index (χ2v) is 5.84. The lowest BCUT2D eigenvalue weighted by Gasteiger charge is -2.09. The number of fused-ring (bicyclic) bond motifs is 1. The maximum atomic E-state index is 2.52. The van der Waals surface area contributed by atoms with Gasteiger partial charge in [0.15, 0.2) is 0 Å². The number of hydrogen-bond acceptors (Lipinski definition) is 1. The van der Waals surface area contributed by atoms with Crippen molar-refractivity contribution in [2.75, 3.05) is 19.3 Å². The summed E-state index contributed by atoms with van der Waals surface area (Å²) in [5, 5.41) is 2.11. The first kappa shape index (κ1) is 5.12. The number of nitrogens with zero attached hydrogens (tertiary/aromatic N) is 1. The molecular formula is C6H13NS. The Bertz CT molecular complexity index is 99.1. The largest absolute Gasteiger partial charge is 0.294 e. The second kappa shape index (κ2) is 1.42. The van der Waals surface area contributed by atoms with Crippen molar-refractivity contribution in [2.45, 2.75) is 17.5 Å². The van der Waals surface area contributed by atoms with Crippen molar-refractivity contribution in [2.24, 2.45) is 0 Å². The van der Waals surface area contributed by atoms with Crippen molar-refractivity contribution in [3.05, 3.63) is 0 Å². The van der Waals surface area contributed by atoms with Crippen LogP contribution in [-0.4, -0.2) is 34.9 Å². The summed E-state index contributed by atoms with van der Waals surface area (Å²) in [6.07, 6.45) is 0. The molecular weight excluding hydrogens is 118 g/mol. The lowest BCUT2D eigenvalue weighted by atomic mass is 10.4. The normalized spacial score (nSPS) is 58.5. The molecule has 0 aromatic heterocycles. The fourth-order valence-electron chi connectivity index (χ4n) is 1.65. The third-order valence-corrected chi connectivity index (χ3v) is 5.19. The van der Waals surface area contributed by atoms with Crippen molar-refractivity contribution in [1.29, 1.82) is 0 Å². The Labute approximate surface area is 53.4 Å². The van der Waals surface area contributed by atoms with Crippen LogP contribution in [0.4, 0.5) is 0 Å². The van der Waals surface area contributed by atoms with Gasteiger partial charge in [-0.3, -0.25) is 4.90 Å². The Kier molecular flexibility index (Phi) is 0.910. The average molecular weight is 131 g/mol. The monoisotopic (exact) mass is 131 g/mol. The van der Waals surface area contributed by atoms with Crippen LogP contribution in [0.15, 0.2) is 0 Å². The van der Waals surface area contributed by atoms with Crippen LogP contribution in [0.1, 0.15) is 6.92 Å². The van der Waals surface area contributed by atoms with Crippen LogP contribution in [0.3, 0.4) is 0 Å². The van der Waals surface area contributed by atoms with Gasteiger partial charge in [-0.2, -0.15) is 0 Å². The predicted molar refractivity (Wildman–Crippen MR) is 39.7 cm³/mol. The smallest absolute Gasteiger partial charge is 0.0456 e. The molecule has 2 saturated heterocycles. The topological polar surface area (TPSA) is 3.24 Å². The first-order chi connectivity index (χ1) is 3.79. The van der Waals surface area contributed by atoms with Crippen molar-refractivity contribution in [3.63, 3.8) is 0 Å². The van der Waals surface area contributed by atoms with Gasteiger partial charge >= 0.3 is 0 Å². The van der Waals surface area contributed by atoms with E-state index >= 15 is 0 Å². The maximum Gasteiger partial charge on any atom is 0.0456 e. The molecule has 3 atom stereocenters. The van der Waals surface area contributed by atoms with Crippen LogP contribution in [0.2, 0.25) is 0 Å². The summed E-state index contributed by atoms with van der Waals surface area (Å²) in [4.78, 5) is 2.52. The summed E-state index contributed by atoms with van der Waals surface area (Å²) in [7, 11) is 2.79. The Hall–Kier alpha value is 0.310. The quantitative estimate of drug-likeness (QED) is 0.373. The molecule has 1 unspecified atom stereocenters. The standard InChI is InChI=1S/C6H13NS/c1-5-3-7(2)6-4-8(5)6/h5-6,8H,3-4H2,1-2H3/t5-,6-/m0/s1. The molecule has 0 saturated carbocycles. The molecule has 2 heterocycles. The van der Waals surface area contributed by atoms with Crippen molar-refractivity contribution in [3.8, 4) is 0 Å². The lowest BCUT2D eigenvalue weighted by molar-refractivity contribution is 0.368. The minimum Gasteiger partial charge on any atom is -0.294 e. The van der Waals surface area contributed by atoms with E-state index < -0.39 is 0 Å². The summed E-state index contributed by atoms with van der Waals surface area (Å²) >= 11 is 0. The Balaban J connectivity index is 2.09. The van der Waals surface area contributed by atoms with Crippen molar-refractivity contribution < 1.29 is 0 Å². The SMILES string of the molecule is C[C@H]1CN(C)[C@@H]2C[SH]12. The molecule has 48 valence electrons. The Morgan fingerprint density at radius 3 is 2.50 bits per heavy atom. The van der Waals surface area contributed by atoms with Gasteiger partial charge in [0.1, 0.15) is 0 Å². The predicted octanol–water partition coefficient (Wildman–Crippen LogP) is 0.661. The summed E-state index contributed by atoms with van der Waals surface area (Å²) < 4.78 is 0. The van der Waals surface area contributed by atoms with Gasteiger partial charge in [-0.15, -0.1) is 0 Å². The van der Waals surface area contributed by atoms with Gasteiger partial charge in [0, 0.05) is 11.9 Å². The van der Waals surface area contributed by atoms with E-state index in [1.807, 2.05) is 0 Å². The van der Waals surface area contributed by atoms with Gasteiger partial charge in [0.25, 0.3) is 0 Å².